The molecular formula is C40H43F3N8O4. The Morgan fingerprint density at radius 3 is 2.44 bits per heavy atom. The van der Waals surface area contributed by atoms with Crippen molar-refractivity contribution in [2.24, 2.45) is 13.0 Å². The van der Waals surface area contributed by atoms with Crippen LogP contribution in [-0.2, 0) is 22.8 Å². The van der Waals surface area contributed by atoms with Gasteiger partial charge in [0.05, 0.1) is 22.6 Å². The molecule has 3 aliphatic rings. The number of imide groups is 1. The number of alkyl halides is 3. The third-order valence-corrected chi connectivity index (χ3v) is 11.8. The monoisotopic (exact) mass is 756 g/mol. The first-order valence-electron chi connectivity index (χ1n) is 18.9. The van der Waals surface area contributed by atoms with Crippen molar-refractivity contribution in [3.05, 3.63) is 87.7 Å². The van der Waals surface area contributed by atoms with Gasteiger partial charge in [0.2, 0.25) is 11.8 Å². The van der Waals surface area contributed by atoms with Crippen LogP contribution in [0.1, 0.15) is 96.7 Å². The van der Waals surface area contributed by atoms with E-state index in [2.05, 4.69) is 26.6 Å². The van der Waals surface area contributed by atoms with E-state index in [9.17, 15) is 32.3 Å². The second kappa shape index (κ2) is 14.4. The fourth-order valence-electron chi connectivity index (χ4n) is 8.83. The summed E-state index contributed by atoms with van der Waals surface area (Å²) in [5.41, 5.74) is 3.10. The van der Waals surface area contributed by atoms with E-state index < -0.39 is 29.7 Å². The van der Waals surface area contributed by atoms with Gasteiger partial charge < -0.3 is 10.2 Å². The molecule has 2 aliphatic heterocycles. The predicted molar refractivity (Wildman–Crippen MR) is 200 cm³/mol. The quantitative estimate of drug-likeness (QED) is 0.188. The Kier molecular flexibility index (Phi) is 9.60. The van der Waals surface area contributed by atoms with Crippen molar-refractivity contribution in [2.45, 2.75) is 82.5 Å². The van der Waals surface area contributed by atoms with E-state index in [1.165, 1.54) is 12.1 Å². The van der Waals surface area contributed by atoms with Gasteiger partial charge in [-0.05, 0) is 118 Å². The number of nitrogens with one attached hydrogen (secondary N) is 2. The van der Waals surface area contributed by atoms with Crippen molar-refractivity contribution in [2.75, 3.05) is 25.0 Å². The third kappa shape index (κ3) is 7.17. The molecular weight excluding hydrogens is 713 g/mol. The first-order chi connectivity index (χ1) is 26.3. The molecule has 3 aromatic heterocycles. The molecule has 3 fully saturated rings. The lowest BCUT2D eigenvalue weighted by molar-refractivity contribution is -0.141. The number of carbonyl (C=O) groups excluding carboxylic acids is 3. The van der Waals surface area contributed by atoms with Gasteiger partial charge in [-0.2, -0.15) is 18.3 Å². The van der Waals surface area contributed by atoms with Crippen LogP contribution in [-0.4, -0.2) is 66.2 Å². The van der Waals surface area contributed by atoms with Crippen LogP contribution in [0.4, 0.5) is 18.9 Å². The standard InChI is InChI=1S/C40H43F3N8O4/c1-23-19-31-26(20-30(23)45-37(53)29-6-4-8-34(44-29)40(41,42)43)22-50(47-31)27-11-9-24(10-12-27)21-49-17-15-25(16-18-49)28-5-3-7-32-36(28)48(2)39(55)51(32)33-13-14-35(52)46-38(33)54/h3-8,19-20,22,24-25,27,33H,9-18,21H2,1-2H3,(H,45,53)(H,46,52,54). The van der Waals surface area contributed by atoms with E-state index in [0.717, 1.165) is 97.3 Å². The Hall–Kier alpha value is -5.31. The Morgan fingerprint density at radius 1 is 0.964 bits per heavy atom. The largest absolute Gasteiger partial charge is 0.433 e. The molecule has 2 N–H and O–H groups in total. The summed E-state index contributed by atoms with van der Waals surface area (Å²) >= 11 is 0. The second-order valence-electron chi connectivity index (χ2n) is 15.3. The summed E-state index contributed by atoms with van der Waals surface area (Å²) in [5.74, 6) is -0.572. The molecule has 0 spiro atoms. The predicted octanol–water partition coefficient (Wildman–Crippen LogP) is 6.25. The molecule has 2 aromatic carbocycles. The van der Waals surface area contributed by atoms with Crippen LogP contribution in [0.2, 0.25) is 0 Å². The van der Waals surface area contributed by atoms with Crippen LogP contribution < -0.4 is 16.3 Å². The van der Waals surface area contributed by atoms with Crippen molar-refractivity contribution in [1.29, 1.82) is 0 Å². The number of hydrogen-bond donors (Lipinski definition) is 2. The molecule has 1 saturated carbocycles. The van der Waals surface area contributed by atoms with Gasteiger partial charge in [0.15, 0.2) is 0 Å². The number of amides is 3. The lowest BCUT2D eigenvalue weighted by Crippen LogP contribution is -2.44. The minimum atomic E-state index is -4.64. The average Bonchev–Trinajstić information content (AvgIpc) is 3.69. The number of benzene rings is 2. The summed E-state index contributed by atoms with van der Waals surface area (Å²) in [7, 11) is 1.76. The average molecular weight is 757 g/mol. The number of imidazole rings is 1. The smallest absolute Gasteiger partial charge is 0.320 e. The van der Waals surface area contributed by atoms with E-state index in [1.54, 1.807) is 16.2 Å². The van der Waals surface area contributed by atoms with Crippen LogP contribution in [0, 0.1) is 12.8 Å². The number of nitrogens with zero attached hydrogens (tertiary/aromatic N) is 6. The third-order valence-electron chi connectivity index (χ3n) is 11.8. The summed E-state index contributed by atoms with van der Waals surface area (Å²) in [6.45, 7) is 4.80. The first-order valence-corrected chi connectivity index (χ1v) is 18.9. The highest BCUT2D eigenvalue weighted by Gasteiger charge is 2.34. The normalized spacial score (nSPS) is 21.7. The summed E-state index contributed by atoms with van der Waals surface area (Å²) in [5, 5.41) is 10.8. The van der Waals surface area contributed by atoms with Gasteiger partial charge in [-0.3, -0.25) is 33.5 Å². The molecule has 0 radical (unpaired) electrons. The molecule has 1 atom stereocenters. The molecule has 12 nitrogen and oxygen atoms in total. The molecule has 1 unspecified atom stereocenters. The minimum Gasteiger partial charge on any atom is -0.320 e. The molecule has 5 aromatic rings. The maximum atomic E-state index is 13.4. The summed E-state index contributed by atoms with van der Waals surface area (Å²) in [4.78, 5) is 56.8. The Bertz CT molecular complexity index is 2360. The van der Waals surface area contributed by atoms with Crippen LogP contribution in [0.15, 0.2) is 59.5 Å². The topological polar surface area (TPSA) is 136 Å². The molecule has 15 heteroatoms. The van der Waals surface area contributed by atoms with Gasteiger partial charge in [0, 0.05) is 37.3 Å². The summed E-state index contributed by atoms with van der Waals surface area (Å²) < 4.78 is 44.6. The van der Waals surface area contributed by atoms with Crippen molar-refractivity contribution in [3.63, 3.8) is 0 Å². The zero-order valence-electron chi connectivity index (χ0n) is 30.7. The Morgan fingerprint density at radius 2 is 1.71 bits per heavy atom. The molecule has 5 heterocycles. The molecule has 3 amide bonds. The zero-order valence-corrected chi connectivity index (χ0v) is 30.7. The number of pyridine rings is 1. The fourth-order valence-corrected chi connectivity index (χ4v) is 8.83. The highest BCUT2D eigenvalue weighted by atomic mass is 19.4. The van der Waals surface area contributed by atoms with Gasteiger partial charge in [0.25, 0.3) is 5.91 Å². The molecule has 0 bridgehead atoms. The van der Waals surface area contributed by atoms with E-state index >= 15 is 0 Å². The van der Waals surface area contributed by atoms with Crippen LogP contribution in [0.3, 0.4) is 0 Å². The number of piperidine rings is 2. The van der Waals surface area contributed by atoms with Crippen molar-refractivity contribution < 1.29 is 27.6 Å². The lowest BCUT2D eigenvalue weighted by Gasteiger charge is -2.37. The maximum Gasteiger partial charge on any atom is 0.433 e. The SMILES string of the molecule is Cc1cc2nn(C3CCC(CN4CCC(c5cccc6c5n(C)c(=O)n6C5CCC(=O)NC5=O)CC4)CC3)cc2cc1NC(=O)c1cccc(C(F)(F)F)n1. The number of halogens is 3. The highest BCUT2D eigenvalue weighted by Crippen LogP contribution is 2.37. The zero-order chi connectivity index (χ0) is 38.6. The lowest BCUT2D eigenvalue weighted by atomic mass is 9.84. The minimum absolute atomic E-state index is 0.208. The molecule has 288 valence electrons. The van der Waals surface area contributed by atoms with E-state index in [-0.39, 0.29) is 29.8 Å². The van der Waals surface area contributed by atoms with Gasteiger partial charge >= 0.3 is 11.9 Å². The number of aryl methyl sites for hydroxylation is 2. The van der Waals surface area contributed by atoms with Crippen LogP contribution >= 0.6 is 0 Å². The number of carbonyl (C=O) groups is 3. The van der Waals surface area contributed by atoms with Crippen molar-refractivity contribution in [3.8, 4) is 0 Å². The first kappa shape index (κ1) is 36.7. The van der Waals surface area contributed by atoms with Gasteiger partial charge in [0.1, 0.15) is 17.4 Å². The number of para-hydroxylation sites is 1. The molecule has 2 saturated heterocycles. The number of likely N-dealkylation sites (tertiary alicyclic amines) is 1. The maximum absolute atomic E-state index is 13.4. The van der Waals surface area contributed by atoms with E-state index in [1.807, 2.05) is 42.1 Å². The molecule has 8 rings (SSSR count). The van der Waals surface area contributed by atoms with Crippen LogP contribution in [0.25, 0.3) is 21.9 Å². The van der Waals surface area contributed by atoms with Crippen molar-refractivity contribution >= 4 is 45.3 Å². The Balaban J connectivity index is 0.868. The van der Waals surface area contributed by atoms with Gasteiger partial charge in [-0.1, -0.05) is 18.2 Å². The highest BCUT2D eigenvalue weighted by molar-refractivity contribution is 6.04. The van der Waals surface area contributed by atoms with E-state index in [4.69, 9.17) is 5.10 Å². The number of hydrogen-bond acceptors (Lipinski definition) is 7. The van der Waals surface area contributed by atoms with E-state index in [0.29, 0.717) is 23.9 Å². The number of aromatic nitrogens is 5. The summed E-state index contributed by atoms with van der Waals surface area (Å²) in [6.07, 6.45) is 3.98. The van der Waals surface area contributed by atoms with Gasteiger partial charge in [-0.25, -0.2) is 9.78 Å². The van der Waals surface area contributed by atoms with Crippen LogP contribution in [0.5, 0.6) is 0 Å². The van der Waals surface area contributed by atoms with Crippen molar-refractivity contribution in [1.82, 2.24) is 34.1 Å². The number of fused-ring (bicyclic) bond motifs is 2. The number of anilines is 1. The van der Waals surface area contributed by atoms with Gasteiger partial charge in [-0.15, -0.1) is 0 Å². The molecule has 55 heavy (non-hydrogen) atoms. The molecule has 1 aliphatic carbocycles. The summed E-state index contributed by atoms with van der Waals surface area (Å²) in [6, 6.07) is 12.5. The fraction of sp³-hybridized carbons (Fsp3) is 0.450. The second-order valence-corrected chi connectivity index (χ2v) is 15.3. The Labute approximate surface area is 314 Å². The number of rotatable bonds is 7.